The molecule has 2 aromatic rings. The fraction of sp³-hybridized carbons (Fsp3) is 0.423. The molecular weight excluding hydrogens is 390 g/mol. The van der Waals surface area contributed by atoms with Crippen LogP contribution in [0.25, 0.3) is 0 Å². The highest BCUT2D eigenvalue weighted by Gasteiger charge is 2.78. The number of ether oxygens (including phenoxy) is 3. The van der Waals surface area contributed by atoms with Crippen LogP contribution >= 0.6 is 0 Å². The van der Waals surface area contributed by atoms with E-state index in [4.69, 9.17) is 14.2 Å². The Morgan fingerprint density at radius 3 is 2.71 bits per heavy atom. The van der Waals surface area contributed by atoms with Gasteiger partial charge in [0.25, 0.3) is 0 Å². The molecule has 31 heavy (non-hydrogen) atoms. The van der Waals surface area contributed by atoms with E-state index in [1.807, 2.05) is 30.3 Å². The van der Waals surface area contributed by atoms with Gasteiger partial charge >= 0.3 is 0 Å². The van der Waals surface area contributed by atoms with Gasteiger partial charge < -0.3 is 14.2 Å². The lowest BCUT2D eigenvalue weighted by molar-refractivity contribution is -0.186. The Hall–Kier alpha value is -2.63. The number of piperidine rings is 1. The average Bonchev–Trinajstić information content (AvgIpc) is 3.09. The molecule has 160 valence electrons. The first kappa shape index (κ1) is 19.1. The molecule has 5 heteroatoms. The van der Waals surface area contributed by atoms with E-state index < -0.39 is 16.6 Å². The van der Waals surface area contributed by atoms with Crippen LogP contribution in [0.5, 0.6) is 11.5 Å². The van der Waals surface area contributed by atoms with Crippen molar-refractivity contribution in [3.8, 4) is 11.5 Å². The molecule has 2 heterocycles. The lowest BCUT2D eigenvalue weighted by atomic mass is 9.45. The number of carbonyl (C=O) groups excluding carboxylic acids is 1. The minimum absolute atomic E-state index is 0.0124. The predicted octanol–water partition coefficient (Wildman–Crippen LogP) is 3.09. The number of rotatable bonds is 4. The topological polar surface area (TPSA) is 48.0 Å². The van der Waals surface area contributed by atoms with E-state index in [0.717, 1.165) is 36.3 Å². The Kier molecular flexibility index (Phi) is 3.82. The van der Waals surface area contributed by atoms with Crippen LogP contribution in [0.4, 0.5) is 0 Å². The average molecular weight is 418 g/mol. The van der Waals surface area contributed by atoms with E-state index in [-0.39, 0.29) is 11.8 Å². The fourth-order valence-electron chi connectivity index (χ4n) is 7.01. The predicted molar refractivity (Wildman–Crippen MR) is 117 cm³/mol. The first-order valence-corrected chi connectivity index (χ1v) is 11.0. The maximum Gasteiger partial charge on any atom is 0.200 e. The van der Waals surface area contributed by atoms with E-state index in [0.29, 0.717) is 12.2 Å². The Labute approximate surface area is 182 Å². The van der Waals surface area contributed by atoms with Gasteiger partial charge in [-0.1, -0.05) is 36.4 Å². The van der Waals surface area contributed by atoms with Crippen LogP contribution in [0, 0.1) is 0 Å². The summed E-state index contributed by atoms with van der Waals surface area (Å²) in [6.45, 7) is 0.882. The molecule has 2 bridgehead atoms. The highest BCUT2D eigenvalue weighted by atomic mass is 16.5. The largest absolute Gasteiger partial charge is 0.493 e. The van der Waals surface area contributed by atoms with Crippen molar-refractivity contribution in [2.45, 2.75) is 41.9 Å². The fourth-order valence-corrected chi connectivity index (χ4v) is 7.01. The first-order chi connectivity index (χ1) is 15.0. The molecule has 6 rings (SSSR count). The second-order valence-corrected chi connectivity index (χ2v) is 9.27. The van der Waals surface area contributed by atoms with Crippen LogP contribution in [0.3, 0.4) is 0 Å². The summed E-state index contributed by atoms with van der Waals surface area (Å²) >= 11 is 0. The Morgan fingerprint density at radius 2 is 1.97 bits per heavy atom. The van der Waals surface area contributed by atoms with E-state index in [9.17, 15) is 4.79 Å². The van der Waals surface area contributed by atoms with Gasteiger partial charge in [0.1, 0.15) is 5.60 Å². The summed E-state index contributed by atoms with van der Waals surface area (Å²) in [5, 5.41) is 0. The molecule has 0 amide bonds. The molecule has 0 N–H and O–H groups in total. The molecule has 2 aliphatic heterocycles. The standard InChI is InChI=1S/C26H27NO4/c1-27-14-13-24-22-18-9-10-19(29-2)23(22)31-26(24,16-17-7-5-4-6-8-17)21(28)11-12-25(24,30-3)20(27)15-18/h4-12,20H,13-16H2,1-3H3/t20-,24-,25-,26+/m1/s1. The Morgan fingerprint density at radius 1 is 1.16 bits per heavy atom. The van der Waals surface area contributed by atoms with Crippen molar-refractivity contribution in [2.75, 3.05) is 27.8 Å². The number of nitrogens with zero attached hydrogens (tertiary/aromatic N) is 1. The third-order valence-electron chi connectivity index (χ3n) is 8.28. The van der Waals surface area contributed by atoms with Crippen molar-refractivity contribution in [3.05, 3.63) is 71.3 Å². The molecule has 0 unspecified atom stereocenters. The lowest BCUT2D eigenvalue weighted by Gasteiger charge is -2.64. The summed E-state index contributed by atoms with van der Waals surface area (Å²) in [6.07, 6.45) is 5.86. The van der Waals surface area contributed by atoms with Crippen molar-refractivity contribution < 1.29 is 19.0 Å². The zero-order valence-corrected chi connectivity index (χ0v) is 18.2. The molecule has 5 nitrogen and oxygen atoms in total. The van der Waals surface area contributed by atoms with Crippen LogP contribution < -0.4 is 9.47 Å². The third-order valence-corrected chi connectivity index (χ3v) is 8.28. The van der Waals surface area contributed by atoms with Gasteiger partial charge in [0.2, 0.25) is 0 Å². The molecule has 1 fully saturated rings. The molecule has 1 saturated heterocycles. The number of hydrogen-bond acceptors (Lipinski definition) is 5. The molecule has 0 saturated carbocycles. The number of likely N-dealkylation sites (tertiary alicyclic amines) is 1. The molecule has 2 aliphatic carbocycles. The van der Waals surface area contributed by atoms with Gasteiger partial charge in [0, 0.05) is 25.1 Å². The summed E-state index contributed by atoms with van der Waals surface area (Å²) in [6, 6.07) is 14.4. The lowest BCUT2D eigenvalue weighted by Crippen LogP contribution is -2.79. The molecule has 0 radical (unpaired) electrons. The third kappa shape index (κ3) is 2.02. The maximum atomic E-state index is 13.9. The molecule has 0 aromatic heterocycles. The molecule has 4 aliphatic rings. The molecule has 4 atom stereocenters. The van der Waals surface area contributed by atoms with Crippen LogP contribution in [-0.2, 0) is 27.8 Å². The van der Waals surface area contributed by atoms with E-state index in [2.05, 4.69) is 30.1 Å². The number of hydrogen-bond donors (Lipinski definition) is 0. The summed E-state index contributed by atoms with van der Waals surface area (Å²) < 4.78 is 19.0. The number of methoxy groups -OCH3 is 2. The minimum atomic E-state index is -1.06. The van der Waals surface area contributed by atoms with Gasteiger partial charge in [-0.2, -0.15) is 0 Å². The number of ketones is 1. The van der Waals surface area contributed by atoms with E-state index in [1.54, 1.807) is 20.3 Å². The normalized spacial score (nSPS) is 34.9. The summed E-state index contributed by atoms with van der Waals surface area (Å²) in [7, 11) is 5.60. The monoisotopic (exact) mass is 417 g/mol. The minimum Gasteiger partial charge on any atom is -0.493 e. The molecule has 1 spiro atoms. The second-order valence-electron chi connectivity index (χ2n) is 9.27. The second kappa shape index (κ2) is 6.21. The van der Waals surface area contributed by atoms with Crippen molar-refractivity contribution in [2.24, 2.45) is 0 Å². The number of carbonyl (C=O) groups is 1. The van der Waals surface area contributed by atoms with Gasteiger partial charge in [-0.15, -0.1) is 0 Å². The summed E-state index contributed by atoms with van der Waals surface area (Å²) in [4.78, 5) is 16.2. The van der Waals surface area contributed by atoms with Crippen molar-refractivity contribution >= 4 is 5.78 Å². The summed E-state index contributed by atoms with van der Waals surface area (Å²) in [5.74, 6) is 1.42. The molecule has 2 aromatic carbocycles. The van der Waals surface area contributed by atoms with Crippen LogP contribution in [0.2, 0.25) is 0 Å². The maximum absolute atomic E-state index is 13.9. The summed E-state index contributed by atoms with van der Waals surface area (Å²) in [5.41, 5.74) is 1.12. The van der Waals surface area contributed by atoms with Gasteiger partial charge in [-0.3, -0.25) is 9.69 Å². The number of benzene rings is 2. The van der Waals surface area contributed by atoms with Gasteiger partial charge in [0.15, 0.2) is 22.9 Å². The highest BCUT2D eigenvalue weighted by molar-refractivity contribution is 6.03. The Bertz CT molecular complexity index is 1110. The highest BCUT2D eigenvalue weighted by Crippen LogP contribution is 2.68. The van der Waals surface area contributed by atoms with Gasteiger partial charge in [-0.05, 0) is 55.8 Å². The first-order valence-electron chi connectivity index (χ1n) is 11.0. The van der Waals surface area contributed by atoms with E-state index >= 15 is 0 Å². The Balaban J connectivity index is 1.71. The van der Waals surface area contributed by atoms with E-state index in [1.165, 1.54) is 5.56 Å². The van der Waals surface area contributed by atoms with Crippen molar-refractivity contribution in [3.63, 3.8) is 0 Å². The SMILES string of the molecule is COc1ccc2c3c1O[C@@]1(Cc4ccccc4)C(=O)C=C[C@@]4(OC)[C@@H](C2)N(C)CC[C@]314. The zero-order chi connectivity index (χ0) is 21.4. The van der Waals surface area contributed by atoms with Crippen LogP contribution in [0.15, 0.2) is 54.6 Å². The van der Waals surface area contributed by atoms with Crippen LogP contribution in [-0.4, -0.2) is 55.7 Å². The van der Waals surface area contributed by atoms with Gasteiger partial charge in [-0.25, -0.2) is 0 Å². The van der Waals surface area contributed by atoms with Crippen molar-refractivity contribution in [1.82, 2.24) is 4.90 Å². The molecular formula is C26H27NO4. The van der Waals surface area contributed by atoms with Gasteiger partial charge in [0.05, 0.1) is 12.5 Å². The van der Waals surface area contributed by atoms with Crippen LogP contribution in [0.1, 0.15) is 23.1 Å². The van der Waals surface area contributed by atoms with Crippen molar-refractivity contribution in [1.29, 1.82) is 0 Å². The zero-order valence-electron chi connectivity index (χ0n) is 18.2. The smallest absolute Gasteiger partial charge is 0.200 e. The number of likely N-dealkylation sites (N-methyl/N-ethyl adjacent to an activating group) is 1. The quantitative estimate of drug-likeness (QED) is 0.765.